The standard InChI is InChI=1S/C23H18N2OS/c26-22-16-21(19-12-6-2-7-13-19)27-23(24-20-14-8-3-9-15-20)25(22)17-18-10-4-1-5-11-18/h1-16H,17H2. The average Bonchev–Trinajstić information content (AvgIpc) is 2.72. The molecular weight excluding hydrogens is 352 g/mol. The molecule has 1 heterocycles. The molecule has 0 saturated heterocycles. The Labute approximate surface area is 161 Å². The van der Waals surface area contributed by atoms with E-state index in [0.29, 0.717) is 11.3 Å². The van der Waals surface area contributed by atoms with Gasteiger partial charge in [0.1, 0.15) is 0 Å². The fraction of sp³-hybridized carbons (Fsp3) is 0.0435. The van der Waals surface area contributed by atoms with Crippen LogP contribution in [-0.4, -0.2) is 4.57 Å². The molecule has 0 bridgehead atoms. The highest BCUT2D eigenvalue weighted by molar-refractivity contribution is 7.12. The normalized spacial score (nSPS) is 11.5. The first-order valence-electron chi connectivity index (χ1n) is 8.74. The summed E-state index contributed by atoms with van der Waals surface area (Å²) in [6.07, 6.45) is 0. The molecule has 4 rings (SSSR count). The molecule has 0 radical (unpaired) electrons. The number of aromatic nitrogens is 1. The number of hydrogen-bond acceptors (Lipinski definition) is 3. The SMILES string of the molecule is O=c1cc(-c2ccccc2)sc(=Nc2ccccc2)n1Cc1ccccc1. The molecule has 0 aliphatic rings. The van der Waals surface area contributed by atoms with Gasteiger partial charge in [0.25, 0.3) is 5.56 Å². The highest BCUT2D eigenvalue weighted by Gasteiger charge is 2.07. The quantitative estimate of drug-likeness (QED) is 0.505. The molecular formula is C23H18N2OS. The summed E-state index contributed by atoms with van der Waals surface area (Å²) in [4.78, 5) is 19.3. The van der Waals surface area contributed by atoms with Gasteiger partial charge in [-0.1, -0.05) is 90.2 Å². The van der Waals surface area contributed by atoms with Crippen LogP contribution in [-0.2, 0) is 6.54 Å². The van der Waals surface area contributed by atoms with Crippen LogP contribution in [0.25, 0.3) is 10.4 Å². The van der Waals surface area contributed by atoms with Crippen molar-refractivity contribution in [1.82, 2.24) is 4.57 Å². The lowest BCUT2D eigenvalue weighted by atomic mass is 10.2. The van der Waals surface area contributed by atoms with E-state index >= 15 is 0 Å². The van der Waals surface area contributed by atoms with E-state index in [2.05, 4.69) is 0 Å². The maximum absolute atomic E-state index is 12.9. The van der Waals surface area contributed by atoms with E-state index in [9.17, 15) is 4.79 Å². The van der Waals surface area contributed by atoms with Crippen LogP contribution in [0.4, 0.5) is 5.69 Å². The minimum atomic E-state index is -0.0499. The summed E-state index contributed by atoms with van der Waals surface area (Å²) in [5, 5.41) is 0. The van der Waals surface area contributed by atoms with Crippen molar-refractivity contribution < 1.29 is 0 Å². The highest BCUT2D eigenvalue weighted by Crippen LogP contribution is 2.20. The monoisotopic (exact) mass is 370 g/mol. The Morgan fingerprint density at radius 3 is 2.04 bits per heavy atom. The predicted octanol–water partition coefficient (Wildman–Crippen LogP) is 4.86. The number of benzene rings is 3. The van der Waals surface area contributed by atoms with Crippen molar-refractivity contribution in [2.24, 2.45) is 4.99 Å². The lowest BCUT2D eigenvalue weighted by molar-refractivity contribution is 0.733. The van der Waals surface area contributed by atoms with Gasteiger partial charge in [-0.2, -0.15) is 0 Å². The van der Waals surface area contributed by atoms with Gasteiger partial charge in [0.15, 0.2) is 4.80 Å². The van der Waals surface area contributed by atoms with Crippen LogP contribution in [0.2, 0.25) is 0 Å². The molecule has 1 aromatic heterocycles. The van der Waals surface area contributed by atoms with Gasteiger partial charge in [0.2, 0.25) is 0 Å². The summed E-state index contributed by atoms with van der Waals surface area (Å²) < 4.78 is 1.74. The Balaban J connectivity index is 1.90. The molecule has 0 fully saturated rings. The van der Waals surface area contributed by atoms with E-state index in [4.69, 9.17) is 4.99 Å². The molecule has 0 saturated carbocycles. The van der Waals surface area contributed by atoms with Crippen molar-refractivity contribution in [1.29, 1.82) is 0 Å². The minimum Gasteiger partial charge on any atom is -0.280 e. The van der Waals surface area contributed by atoms with Gasteiger partial charge in [-0.15, -0.1) is 0 Å². The average molecular weight is 370 g/mol. The zero-order valence-electron chi connectivity index (χ0n) is 14.7. The fourth-order valence-electron chi connectivity index (χ4n) is 2.82. The van der Waals surface area contributed by atoms with E-state index in [1.54, 1.807) is 10.6 Å². The summed E-state index contributed by atoms with van der Waals surface area (Å²) >= 11 is 1.53. The summed E-state index contributed by atoms with van der Waals surface area (Å²) in [7, 11) is 0. The zero-order valence-corrected chi connectivity index (χ0v) is 15.5. The van der Waals surface area contributed by atoms with Crippen molar-refractivity contribution in [3.63, 3.8) is 0 Å². The number of nitrogens with zero attached hydrogens (tertiary/aromatic N) is 2. The third-order valence-corrected chi connectivity index (χ3v) is 5.24. The maximum Gasteiger partial charge on any atom is 0.254 e. The van der Waals surface area contributed by atoms with E-state index in [1.165, 1.54) is 11.3 Å². The van der Waals surface area contributed by atoms with Gasteiger partial charge in [-0.3, -0.25) is 9.36 Å². The molecule has 0 N–H and O–H groups in total. The van der Waals surface area contributed by atoms with E-state index in [0.717, 1.165) is 21.7 Å². The van der Waals surface area contributed by atoms with Crippen LogP contribution in [0.15, 0.2) is 107 Å². The number of para-hydroxylation sites is 1. The van der Waals surface area contributed by atoms with Crippen molar-refractivity contribution in [2.75, 3.05) is 0 Å². The zero-order chi connectivity index (χ0) is 18.5. The summed E-state index contributed by atoms with van der Waals surface area (Å²) in [5.41, 5.74) is 2.88. The van der Waals surface area contributed by atoms with Gasteiger partial charge in [-0.05, 0) is 23.3 Å². The second kappa shape index (κ2) is 7.98. The third kappa shape index (κ3) is 4.13. The van der Waals surface area contributed by atoms with Crippen LogP contribution in [0, 0.1) is 0 Å². The Morgan fingerprint density at radius 2 is 1.37 bits per heavy atom. The lowest BCUT2D eigenvalue weighted by Crippen LogP contribution is -2.31. The molecule has 4 aromatic rings. The van der Waals surface area contributed by atoms with Crippen molar-refractivity contribution >= 4 is 17.0 Å². The Bertz CT molecular complexity index is 1150. The molecule has 3 aromatic carbocycles. The number of hydrogen-bond donors (Lipinski definition) is 0. The number of rotatable bonds is 4. The second-order valence-corrected chi connectivity index (χ2v) is 7.13. The Kier molecular flexibility index (Phi) is 5.08. The molecule has 132 valence electrons. The third-order valence-electron chi connectivity index (χ3n) is 4.18. The van der Waals surface area contributed by atoms with E-state index < -0.39 is 0 Å². The van der Waals surface area contributed by atoms with Crippen molar-refractivity contribution in [2.45, 2.75) is 6.54 Å². The van der Waals surface area contributed by atoms with Crippen LogP contribution in [0.5, 0.6) is 0 Å². The van der Waals surface area contributed by atoms with Crippen LogP contribution >= 0.6 is 11.3 Å². The predicted molar refractivity (Wildman–Crippen MR) is 111 cm³/mol. The molecule has 0 spiro atoms. The van der Waals surface area contributed by atoms with Gasteiger partial charge in [0.05, 0.1) is 12.2 Å². The lowest BCUT2D eigenvalue weighted by Gasteiger charge is -2.09. The van der Waals surface area contributed by atoms with Crippen LogP contribution < -0.4 is 10.4 Å². The second-order valence-electron chi connectivity index (χ2n) is 6.12. The topological polar surface area (TPSA) is 34.4 Å². The first kappa shape index (κ1) is 17.2. The molecule has 0 amide bonds. The van der Waals surface area contributed by atoms with Crippen LogP contribution in [0.1, 0.15) is 5.56 Å². The smallest absolute Gasteiger partial charge is 0.254 e. The first-order valence-corrected chi connectivity index (χ1v) is 9.55. The fourth-order valence-corrected chi connectivity index (χ4v) is 3.85. The minimum absolute atomic E-state index is 0.0499. The molecule has 0 atom stereocenters. The van der Waals surface area contributed by atoms with Gasteiger partial charge >= 0.3 is 0 Å². The first-order chi connectivity index (χ1) is 13.3. The van der Waals surface area contributed by atoms with Gasteiger partial charge in [0, 0.05) is 10.9 Å². The Hall–Kier alpha value is -3.24. The Morgan fingerprint density at radius 1 is 0.778 bits per heavy atom. The van der Waals surface area contributed by atoms with E-state index in [1.807, 2.05) is 91.0 Å². The molecule has 27 heavy (non-hydrogen) atoms. The maximum atomic E-state index is 12.9. The largest absolute Gasteiger partial charge is 0.280 e. The van der Waals surface area contributed by atoms with Gasteiger partial charge in [-0.25, -0.2) is 4.99 Å². The molecule has 4 heteroatoms. The van der Waals surface area contributed by atoms with Crippen molar-refractivity contribution in [3.8, 4) is 10.4 Å². The summed E-state index contributed by atoms with van der Waals surface area (Å²) in [6, 6.07) is 31.4. The highest BCUT2D eigenvalue weighted by atomic mass is 32.1. The summed E-state index contributed by atoms with van der Waals surface area (Å²) in [6.45, 7) is 0.497. The van der Waals surface area contributed by atoms with Gasteiger partial charge < -0.3 is 0 Å². The van der Waals surface area contributed by atoms with E-state index in [-0.39, 0.29) is 5.56 Å². The molecule has 3 nitrogen and oxygen atoms in total. The molecule has 0 aliphatic carbocycles. The molecule has 0 unspecified atom stereocenters. The molecule has 0 aliphatic heterocycles. The summed E-state index contributed by atoms with van der Waals surface area (Å²) in [5.74, 6) is 0. The van der Waals surface area contributed by atoms with Crippen LogP contribution in [0.3, 0.4) is 0 Å². The van der Waals surface area contributed by atoms with Crippen molar-refractivity contribution in [3.05, 3.63) is 118 Å².